The van der Waals surface area contributed by atoms with Crippen LogP contribution in [-0.4, -0.2) is 17.3 Å². The van der Waals surface area contributed by atoms with Crippen LogP contribution in [0, 0.1) is 0 Å². The summed E-state index contributed by atoms with van der Waals surface area (Å²) >= 11 is 0. The fourth-order valence-corrected chi connectivity index (χ4v) is 2.08. The maximum Gasteiger partial charge on any atom is 0.299 e. The Balaban J connectivity index is 1.98. The maximum atomic E-state index is 12.5. The van der Waals surface area contributed by atoms with Crippen LogP contribution in [0.2, 0.25) is 0 Å². The molecular weight excluding hydrogens is 264 g/mol. The molecule has 0 saturated heterocycles. The fourth-order valence-electron chi connectivity index (χ4n) is 2.08. The third-order valence-electron chi connectivity index (χ3n) is 3.16. The van der Waals surface area contributed by atoms with Crippen molar-refractivity contribution in [3.63, 3.8) is 0 Å². The van der Waals surface area contributed by atoms with Crippen LogP contribution < -0.4 is 10.7 Å². The minimum absolute atomic E-state index is 0.248. The molecule has 3 rings (SSSR count). The zero-order valence-corrected chi connectivity index (χ0v) is 11.5. The van der Waals surface area contributed by atoms with E-state index in [0.29, 0.717) is 28.5 Å². The van der Waals surface area contributed by atoms with Gasteiger partial charge in [0.15, 0.2) is 5.71 Å². The molecule has 2 aromatic carbocycles. The van der Waals surface area contributed by atoms with Gasteiger partial charge in [0.2, 0.25) is 0 Å². The molecule has 0 spiro atoms. The van der Waals surface area contributed by atoms with Crippen molar-refractivity contribution >= 4 is 34.4 Å². The number of carbonyl (C=O) groups is 1. The van der Waals surface area contributed by atoms with E-state index in [0.717, 1.165) is 0 Å². The summed E-state index contributed by atoms with van der Waals surface area (Å²) in [5.41, 5.74) is 8.58. The zero-order chi connectivity index (χ0) is 14.8. The predicted octanol–water partition coefficient (Wildman–Crippen LogP) is 2.76. The molecular formula is C16H14N4O. The third kappa shape index (κ3) is 2.41. The van der Waals surface area contributed by atoms with E-state index >= 15 is 0 Å². The van der Waals surface area contributed by atoms with E-state index in [-0.39, 0.29) is 5.91 Å². The van der Waals surface area contributed by atoms with Crippen LogP contribution in [0.5, 0.6) is 0 Å². The second kappa shape index (κ2) is 5.20. The Morgan fingerprint density at radius 3 is 2.43 bits per heavy atom. The van der Waals surface area contributed by atoms with E-state index in [9.17, 15) is 4.79 Å². The van der Waals surface area contributed by atoms with Crippen LogP contribution in [-0.2, 0) is 4.79 Å². The van der Waals surface area contributed by atoms with E-state index in [4.69, 9.17) is 5.73 Å². The highest BCUT2D eigenvalue weighted by Gasteiger charge is 2.30. The summed E-state index contributed by atoms with van der Waals surface area (Å²) in [5, 5.41) is 5.63. The minimum Gasteiger partial charge on any atom is -0.397 e. The Hall–Kier alpha value is -2.95. The number of benzene rings is 2. The molecule has 2 aromatic rings. The molecule has 2 N–H and O–H groups in total. The largest absolute Gasteiger partial charge is 0.397 e. The van der Waals surface area contributed by atoms with Crippen molar-refractivity contribution in [2.45, 2.75) is 6.92 Å². The molecule has 1 aliphatic rings. The Morgan fingerprint density at radius 2 is 1.71 bits per heavy atom. The number of rotatable bonds is 2. The lowest BCUT2D eigenvalue weighted by molar-refractivity contribution is -0.112. The van der Waals surface area contributed by atoms with Crippen molar-refractivity contribution < 1.29 is 4.79 Å². The van der Waals surface area contributed by atoms with Gasteiger partial charge in [-0.2, -0.15) is 10.1 Å². The van der Waals surface area contributed by atoms with Gasteiger partial charge in [0, 0.05) is 0 Å². The molecule has 1 heterocycles. The quantitative estimate of drug-likeness (QED) is 0.858. The number of aliphatic imine (C=N–C) groups is 1. The van der Waals surface area contributed by atoms with Crippen LogP contribution in [0.15, 0.2) is 64.7 Å². The van der Waals surface area contributed by atoms with Crippen LogP contribution >= 0.6 is 0 Å². The number of anilines is 2. The first-order valence-corrected chi connectivity index (χ1v) is 6.55. The highest BCUT2D eigenvalue weighted by Crippen LogP contribution is 2.24. The van der Waals surface area contributed by atoms with Crippen molar-refractivity contribution in [1.82, 2.24) is 0 Å². The number of hydrogen-bond acceptors (Lipinski definition) is 4. The van der Waals surface area contributed by atoms with Crippen LogP contribution in [0.3, 0.4) is 0 Å². The van der Waals surface area contributed by atoms with Gasteiger partial charge in [0.1, 0.15) is 0 Å². The smallest absolute Gasteiger partial charge is 0.299 e. The first kappa shape index (κ1) is 13.1. The van der Waals surface area contributed by atoms with Crippen LogP contribution in [0.4, 0.5) is 17.1 Å². The number of hydrazone groups is 1. The van der Waals surface area contributed by atoms with Gasteiger partial charge in [0.25, 0.3) is 5.91 Å². The highest BCUT2D eigenvalue weighted by atomic mass is 16.2. The molecule has 21 heavy (non-hydrogen) atoms. The Labute approximate surface area is 122 Å². The molecule has 5 heteroatoms. The van der Waals surface area contributed by atoms with Gasteiger partial charge in [-0.15, -0.1) is 0 Å². The summed E-state index contributed by atoms with van der Waals surface area (Å²) in [6.07, 6.45) is 0. The van der Waals surface area contributed by atoms with Gasteiger partial charge in [-0.1, -0.05) is 30.3 Å². The van der Waals surface area contributed by atoms with Crippen LogP contribution in [0.25, 0.3) is 0 Å². The molecule has 0 saturated carbocycles. The number of nitrogen functional groups attached to an aromatic ring is 1. The third-order valence-corrected chi connectivity index (χ3v) is 3.16. The lowest BCUT2D eigenvalue weighted by atomic mass is 10.2. The number of nitrogens with two attached hydrogens (primary N) is 1. The van der Waals surface area contributed by atoms with E-state index in [1.807, 2.05) is 42.5 Å². The van der Waals surface area contributed by atoms with Crippen molar-refractivity contribution in [2.75, 3.05) is 10.7 Å². The number of nitrogens with zero attached hydrogens (tertiary/aromatic N) is 3. The number of para-hydroxylation sites is 3. The van der Waals surface area contributed by atoms with Gasteiger partial charge in [-0.05, 0) is 31.2 Å². The number of hydrogen-bond donors (Lipinski definition) is 1. The van der Waals surface area contributed by atoms with E-state index in [2.05, 4.69) is 10.1 Å². The summed E-state index contributed by atoms with van der Waals surface area (Å²) < 4.78 is 0. The molecule has 0 aliphatic carbocycles. The predicted molar refractivity (Wildman–Crippen MR) is 85.0 cm³/mol. The van der Waals surface area contributed by atoms with Crippen molar-refractivity contribution in [3.05, 3.63) is 54.6 Å². The second-order valence-corrected chi connectivity index (χ2v) is 4.66. The molecule has 0 radical (unpaired) electrons. The first-order valence-electron chi connectivity index (χ1n) is 6.55. The monoisotopic (exact) mass is 278 g/mol. The van der Waals surface area contributed by atoms with Gasteiger partial charge < -0.3 is 5.73 Å². The van der Waals surface area contributed by atoms with Gasteiger partial charge in [0.05, 0.1) is 22.8 Å². The summed E-state index contributed by atoms with van der Waals surface area (Å²) in [6.45, 7) is 1.76. The van der Waals surface area contributed by atoms with Crippen molar-refractivity contribution in [2.24, 2.45) is 10.1 Å². The highest BCUT2D eigenvalue weighted by molar-refractivity contribution is 6.71. The van der Waals surface area contributed by atoms with Gasteiger partial charge in [-0.3, -0.25) is 4.79 Å². The van der Waals surface area contributed by atoms with E-state index in [1.54, 1.807) is 19.1 Å². The first-order chi connectivity index (χ1) is 10.2. The van der Waals surface area contributed by atoms with Crippen molar-refractivity contribution in [3.8, 4) is 0 Å². The summed E-state index contributed by atoms with van der Waals surface area (Å²) in [7, 11) is 0. The molecule has 0 aromatic heterocycles. The summed E-state index contributed by atoms with van der Waals surface area (Å²) in [5.74, 6) is -0.248. The molecule has 0 bridgehead atoms. The number of amides is 1. The van der Waals surface area contributed by atoms with E-state index in [1.165, 1.54) is 5.01 Å². The van der Waals surface area contributed by atoms with Gasteiger partial charge in [-0.25, -0.2) is 4.99 Å². The van der Waals surface area contributed by atoms with Crippen molar-refractivity contribution in [1.29, 1.82) is 0 Å². The second-order valence-electron chi connectivity index (χ2n) is 4.66. The molecule has 0 fully saturated rings. The zero-order valence-electron chi connectivity index (χ0n) is 11.5. The standard InChI is InChI=1S/C16H14N4O/c1-11-15(18-14-10-6-5-9-13(14)17)16(21)20(19-11)12-7-3-2-4-8-12/h2-10H,17H2,1H3. The molecule has 0 atom stereocenters. The van der Waals surface area contributed by atoms with E-state index < -0.39 is 0 Å². The average molecular weight is 278 g/mol. The fraction of sp³-hybridized carbons (Fsp3) is 0.0625. The average Bonchev–Trinajstić information content (AvgIpc) is 2.78. The molecule has 0 unspecified atom stereocenters. The Bertz CT molecular complexity index is 750. The Kier molecular flexibility index (Phi) is 3.23. The van der Waals surface area contributed by atoms with Gasteiger partial charge >= 0.3 is 0 Å². The SMILES string of the molecule is CC1=NN(c2ccccc2)C(=O)C1=Nc1ccccc1N. The molecule has 104 valence electrons. The topological polar surface area (TPSA) is 71.0 Å². The Morgan fingerprint density at radius 1 is 1.05 bits per heavy atom. The normalized spacial score (nSPS) is 16.4. The molecule has 1 aliphatic heterocycles. The summed E-state index contributed by atoms with van der Waals surface area (Å²) in [6, 6.07) is 16.4. The lowest BCUT2D eigenvalue weighted by Gasteiger charge is -2.10. The lowest BCUT2D eigenvalue weighted by Crippen LogP contribution is -2.27. The summed E-state index contributed by atoms with van der Waals surface area (Å²) in [4.78, 5) is 16.8. The van der Waals surface area contributed by atoms with Crippen LogP contribution in [0.1, 0.15) is 6.92 Å². The molecule has 1 amide bonds. The molecule has 5 nitrogen and oxygen atoms in total. The maximum absolute atomic E-state index is 12.5. The minimum atomic E-state index is -0.248. The number of carbonyl (C=O) groups excluding carboxylic acids is 1.